The summed E-state index contributed by atoms with van der Waals surface area (Å²) in [6, 6.07) is 14.8. The van der Waals surface area contributed by atoms with Gasteiger partial charge in [0.2, 0.25) is 15.9 Å². The number of sulfonamides is 1. The highest BCUT2D eigenvalue weighted by molar-refractivity contribution is 7.89. The molecule has 1 heterocycles. The van der Waals surface area contributed by atoms with Crippen molar-refractivity contribution in [2.24, 2.45) is 5.14 Å². The van der Waals surface area contributed by atoms with Crippen LogP contribution in [0.1, 0.15) is 5.56 Å². The molecule has 0 saturated heterocycles. The highest BCUT2D eigenvalue weighted by Gasteiger charge is 2.12. The number of hydrogen-bond donors (Lipinski definition) is 2. The maximum atomic E-state index is 12.3. The molecule has 0 fully saturated rings. The van der Waals surface area contributed by atoms with E-state index in [1.807, 2.05) is 6.07 Å². The lowest BCUT2D eigenvalue weighted by molar-refractivity contribution is -0.121. The summed E-state index contributed by atoms with van der Waals surface area (Å²) >= 11 is 0. The smallest absolute Gasteiger partial charge is 0.354 e. The number of nitrogens with two attached hydrogens (primary N) is 1. The van der Waals surface area contributed by atoms with E-state index in [1.54, 1.807) is 36.4 Å². The zero-order valence-corrected chi connectivity index (χ0v) is 15.5. The number of primary sulfonamides is 1. The third-order valence-corrected chi connectivity index (χ3v) is 4.85. The molecular formula is C17H18N6O4S. The molecule has 3 N–H and O–H groups in total. The number of amides is 1. The fourth-order valence-electron chi connectivity index (χ4n) is 2.49. The van der Waals surface area contributed by atoms with Gasteiger partial charge in [-0.2, -0.15) is 9.36 Å². The average Bonchev–Trinajstić information content (AvgIpc) is 3.02. The lowest BCUT2D eigenvalue weighted by Crippen LogP contribution is -2.34. The van der Waals surface area contributed by atoms with Crippen LogP contribution >= 0.6 is 0 Å². The number of hydrogen-bond acceptors (Lipinski definition) is 6. The highest BCUT2D eigenvalue weighted by atomic mass is 32.2. The second-order valence-corrected chi connectivity index (χ2v) is 7.52. The first-order chi connectivity index (χ1) is 13.3. The monoisotopic (exact) mass is 402 g/mol. The molecule has 0 unspecified atom stereocenters. The fourth-order valence-corrected chi connectivity index (χ4v) is 3.00. The van der Waals surface area contributed by atoms with Gasteiger partial charge in [0.15, 0.2) is 0 Å². The molecule has 0 aliphatic carbocycles. The van der Waals surface area contributed by atoms with Crippen molar-refractivity contribution in [1.82, 2.24) is 25.1 Å². The first-order valence-corrected chi connectivity index (χ1v) is 9.86. The van der Waals surface area contributed by atoms with Gasteiger partial charge in [0.25, 0.3) is 0 Å². The number of nitrogens with one attached hydrogen (secondary N) is 1. The van der Waals surface area contributed by atoms with Gasteiger partial charge in [-0.25, -0.2) is 18.4 Å². The number of para-hydroxylation sites is 1. The Morgan fingerprint density at radius 3 is 2.36 bits per heavy atom. The molecule has 0 radical (unpaired) electrons. The van der Waals surface area contributed by atoms with Gasteiger partial charge in [0.05, 0.1) is 10.6 Å². The standard InChI is InChI=1S/C17H18N6O4S/c18-28(26,27)15-8-6-13(7-9-15)10-11-19-16(24)12-22-17(25)23(21-20-22)14-4-2-1-3-5-14/h1-9H,10-12H2,(H,19,24)(H2,18,26,27). The average molecular weight is 402 g/mol. The van der Waals surface area contributed by atoms with Crippen LogP contribution in [0.3, 0.4) is 0 Å². The number of aromatic nitrogens is 4. The van der Waals surface area contributed by atoms with Gasteiger partial charge in [0.1, 0.15) is 6.54 Å². The Balaban J connectivity index is 1.54. The van der Waals surface area contributed by atoms with Crippen LogP contribution in [-0.4, -0.2) is 40.7 Å². The van der Waals surface area contributed by atoms with Crippen molar-refractivity contribution in [3.63, 3.8) is 0 Å². The molecule has 0 saturated carbocycles. The molecule has 2 aromatic carbocycles. The molecule has 0 aliphatic rings. The SMILES string of the molecule is NS(=O)(=O)c1ccc(CCNC(=O)Cn2nnn(-c3ccccc3)c2=O)cc1. The Labute approximate surface area is 160 Å². The third kappa shape index (κ3) is 4.69. The summed E-state index contributed by atoms with van der Waals surface area (Å²) in [5, 5.41) is 15.2. The van der Waals surface area contributed by atoms with E-state index >= 15 is 0 Å². The van der Waals surface area contributed by atoms with Gasteiger partial charge in [-0.1, -0.05) is 30.3 Å². The van der Waals surface area contributed by atoms with Crippen LogP contribution in [0, 0.1) is 0 Å². The minimum atomic E-state index is -3.73. The normalized spacial score (nSPS) is 11.3. The summed E-state index contributed by atoms with van der Waals surface area (Å²) in [7, 11) is -3.73. The van der Waals surface area contributed by atoms with E-state index in [0.29, 0.717) is 18.7 Å². The fraction of sp³-hybridized carbons (Fsp3) is 0.176. The first-order valence-electron chi connectivity index (χ1n) is 8.31. The van der Waals surface area contributed by atoms with E-state index in [1.165, 1.54) is 12.1 Å². The Morgan fingerprint density at radius 2 is 1.71 bits per heavy atom. The Morgan fingerprint density at radius 1 is 1.04 bits per heavy atom. The summed E-state index contributed by atoms with van der Waals surface area (Å²) in [6.07, 6.45) is 0.488. The van der Waals surface area contributed by atoms with Gasteiger partial charge in [-0.15, -0.1) is 0 Å². The quantitative estimate of drug-likeness (QED) is 0.542. The molecule has 10 nitrogen and oxygen atoms in total. The van der Waals surface area contributed by atoms with Crippen molar-refractivity contribution in [3.05, 3.63) is 70.6 Å². The summed E-state index contributed by atoms with van der Waals surface area (Å²) in [6.45, 7) is 0.0607. The van der Waals surface area contributed by atoms with Crippen molar-refractivity contribution < 1.29 is 13.2 Å². The molecule has 11 heteroatoms. The maximum Gasteiger partial charge on any atom is 0.368 e. The van der Waals surface area contributed by atoms with Gasteiger partial charge in [-0.3, -0.25) is 4.79 Å². The molecule has 3 rings (SSSR count). The van der Waals surface area contributed by atoms with Crippen molar-refractivity contribution in [2.75, 3.05) is 6.54 Å². The molecule has 0 bridgehead atoms. The highest BCUT2D eigenvalue weighted by Crippen LogP contribution is 2.08. The minimum Gasteiger partial charge on any atom is -0.354 e. The number of nitrogens with zero attached hydrogens (tertiary/aromatic N) is 4. The molecule has 0 atom stereocenters. The molecular weight excluding hydrogens is 384 g/mol. The van der Waals surface area contributed by atoms with E-state index in [4.69, 9.17) is 5.14 Å². The zero-order chi connectivity index (χ0) is 20.1. The molecule has 146 valence electrons. The van der Waals surface area contributed by atoms with E-state index in [0.717, 1.165) is 14.9 Å². The largest absolute Gasteiger partial charge is 0.368 e. The third-order valence-electron chi connectivity index (χ3n) is 3.92. The molecule has 1 amide bonds. The number of rotatable bonds is 7. The van der Waals surface area contributed by atoms with Crippen molar-refractivity contribution in [1.29, 1.82) is 0 Å². The molecule has 3 aromatic rings. The predicted molar refractivity (Wildman–Crippen MR) is 100 cm³/mol. The first kappa shape index (κ1) is 19.5. The van der Waals surface area contributed by atoms with Gasteiger partial charge in [0, 0.05) is 6.54 Å². The topological polar surface area (TPSA) is 142 Å². The van der Waals surface area contributed by atoms with Gasteiger partial charge in [-0.05, 0) is 46.7 Å². The number of carbonyl (C=O) groups is 1. The summed E-state index contributed by atoms with van der Waals surface area (Å²) < 4.78 is 24.5. The lowest BCUT2D eigenvalue weighted by atomic mass is 10.1. The van der Waals surface area contributed by atoms with Crippen molar-refractivity contribution in [3.8, 4) is 5.69 Å². The van der Waals surface area contributed by atoms with Crippen LogP contribution in [0.25, 0.3) is 5.69 Å². The molecule has 1 aromatic heterocycles. The van der Waals surface area contributed by atoms with Gasteiger partial charge < -0.3 is 5.32 Å². The molecule has 0 aliphatic heterocycles. The summed E-state index contributed by atoms with van der Waals surface area (Å²) in [5.74, 6) is -0.386. The van der Waals surface area contributed by atoms with Crippen LogP contribution in [0.4, 0.5) is 0 Å². The molecule has 0 spiro atoms. The zero-order valence-electron chi connectivity index (χ0n) is 14.7. The van der Waals surface area contributed by atoms with Crippen molar-refractivity contribution in [2.45, 2.75) is 17.9 Å². The number of benzene rings is 2. The summed E-state index contributed by atoms with van der Waals surface area (Å²) in [4.78, 5) is 24.3. The van der Waals surface area contributed by atoms with E-state index in [2.05, 4.69) is 15.7 Å². The van der Waals surface area contributed by atoms with E-state index in [9.17, 15) is 18.0 Å². The second kappa shape index (κ2) is 8.15. The second-order valence-electron chi connectivity index (χ2n) is 5.96. The van der Waals surface area contributed by atoms with E-state index in [-0.39, 0.29) is 17.3 Å². The maximum absolute atomic E-state index is 12.3. The van der Waals surface area contributed by atoms with E-state index < -0.39 is 15.7 Å². The Hall–Kier alpha value is -3.31. The predicted octanol–water partition coefficient (Wildman–Crippen LogP) is -0.565. The lowest BCUT2D eigenvalue weighted by Gasteiger charge is -2.05. The number of tetrazole rings is 1. The Kier molecular flexibility index (Phi) is 5.66. The molecule has 28 heavy (non-hydrogen) atoms. The van der Waals surface area contributed by atoms with Crippen molar-refractivity contribution >= 4 is 15.9 Å². The minimum absolute atomic E-state index is 0.0289. The van der Waals surface area contributed by atoms with Crippen LogP contribution in [0.2, 0.25) is 0 Å². The van der Waals surface area contributed by atoms with Crippen LogP contribution < -0.4 is 16.1 Å². The van der Waals surface area contributed by atoms with Gasteiger partial charge >= 0.3 is 5.69 Å². The van der Waals surface area contributed by atoms with Crippen LogP contribution in [0.5, 0.6) is 0 Å². The van der Waals surface area contributed by atoms with Crippen LogP contribution in [-0.2, 0) is 27.8 Å². The summed E-state index contributed by atoms with van der Waals surface area (Å²) in [5.41, 5.74) is 0.877. The van der Waals surface area contributed by atoms with Crippen LogP contribution in [0.15, 0.2) is 64.3 Å². The Bertz CT molecular complexity index is 1120. The number of carbonyl (C=O) groups excluding carboxylic acids is 1.